The Morgan fingerprint density at radius 1 is 1.40 bits per heavy atom. The maximum atomic E-state index is 4.25. The maximum Gasteiger partial charge on any atom is 0.0522 e. The Morgan fingerprint density at radius 2 is 2.20 bits per heavy atom. The van der Waals surface area contributed by atoms with Gasteiger partial charge in [0.05, 0.1) is 6.20 Å². The van der Waals surface area contributed by atoms with Gasteiger partial charge in [-0.2, -0.15) is 5.10 Å². The summed E-state index contributed by atoms with van der Waals surface area (Å²) in [7, 11) is 1.96. The monoisotopic (exact) mass is 335 g/mol. The molecule has 0 saturated carbocycles. The van der Waals surface area contributed by atoms with Gasteiger partial charge in [0.25, 0.3) is 0 Å². The quantitative estimate of drug-likeness (QED) is 0.870. The third-order valence-corrected chi connectivity index (χ3v) is 4.29. The highest BCUT2D eigenvalue weighted by Gasteiger charge is 2.13. The molecule has 0 saturated heterocycles. The fraction of sp³-hybridized carbons (Fsp3) is 0.438. The van der Waals surface area contributed by atoms with Gasteiger partial charge in [0.1, 0.15) is 0 Å². The molecule has 4 heteroatoms. The predicted octanol–water partition coefficient (Wildman–Crippen LogP) is 3.77. The first-order chi connectivity index (χ1) is 9.60. The molecule has 20 heavy (non-hydrogen) atoms. The molecule has 0 amide bonds. The molecule has 0 fully saturated rings. The Morgan fingerprint density at radius 3 is 2.80 bits per heavy atom. The number of aromatic nitrogens is 2. The van der Waals surface area contributed by atoms with Crippen LogP contribution in [0.25, 0.3) is 0 Å². The number of benzene rings is 1. The zero-order valence-electron chi connectivity index (χ0n) is 12.4. The molecule has 2 aromatic rings. The topological polar surface area (TPSA) is 29.9 Å². The summed E-state index contributed by atoms with van der Waals surface area (Å²) in [5.41, 5.74) is 3.85. The summed E-state index contributed by atoms with van der Waals surface area (Å²) in [4.78, 5) is 0. The second-order valence-corrected chi connectivity index (χ2v) is 6.10. The first-order valence-corrected chi connectivity index (χ1v) is 7.86. The average molecular weight is 336 g/mol. The third-order valence-electron chi connectivity index (χ3n) is 3.44. The summed E-state index contributed by atoms with van der Waals surface area (Å²) >= 11 is 3.63. The van der Waals surface area contributed by atoms with Crippen LogP contribution in [-0.2, 0) is 13.5 Å². The normalized spacial score (nSPS) is 12.6. The van der Waals surface area contributed by atoms with Crippen LogP contribution in [-0.4, -0.2) is 16.3 Å². The molecule has 1 aromatic carbocycles. The number of hydrogen-bond donors (Lipinski definition) is 1. The molecular weight excluding hydrogens is 314 g/mol. The van der Waals surface area contributed by atoms with Crippen molar-refractivity contribution in [3.63, 3.8) is 0 Å². The highest BCUT2D eigenvalue weighted by molar-refractivity contribution is 9.10. The van der Waals surface area contributed by atoms with Crippen LogP contribution in [0.1, 0.15) is 36.1 Å². The lowest BCUT2D eigenvalue weighted by Gasteiger charge is -2.19. The van der Waals surface area contributed by atoms with Gasteiger partial charge < -0.3 is 5.32 Å². The molecule has 1 atom stereocenters. The van der Waals surface area contributed by atoms with Crippen molar-refractivity contribution in [2.75, 3.05) is 6.54 Å². The van der Waals surface area contributed by atoms with E-state index in [1.54, 1.807) is 0 Å². The summed E-state index contributed by atoms with van der Waals surface area (Å²) in [6, 6.07) is 6.93. The van der Waals surface area contributed by atoms with Gasteiger partial charge in [-0.05, 0) is 49.1 Å². The van der Waals surface area contributed by atoms with Crippen molar-refractivity contribution in [1.29, 1.82) is 0 Å². The molecule has 108 valence electrons. The Balaban J connectivity index is 2.19. The van der Waals surface area contributed by atoms with E-state index in [9.17, 15) is 0 Å². The van der Waals surface area contributed by atoms with E-state index in [2.05, 4.69) is 64.6 Å². The van der Waals surface area contributed by atoms with Crippen LogP contribution in [0.4, 0.5) is 0 Å². The maximum absolute atomic E-state index is 4.25. The van der Waals surface area contributed by atoms with Crippen LogP contribution in [0.5, 0.6) is 0 Å². The highest BCUT2D eigenvalue weighted by Crippen LogP contribution is 2.24. The largest absolute Gasteiger partial charge is 0.310 e. The summed E-state index contributed by atoms with van der Waals surface area (Å²) in [6.45, 7) is 5.33. The molecular formula is C16H22BrN3. The number of halogens is 1. The van der Waals surface area contributed by atoms with Gasteiger partial charge in [-0.3, -0.25) is 4.68 Å². The average Bonchev–Trinajstić information content (AvgIpc) is 2.83. The van der Waals surface area contributed by atoms with Crippen molar-refractivity contribution in [2.45, 2.75) is 32.7 Å². The van der Waals surface area contributed by atoms with Crippen molar-refractivity contribution < 1.29 is 0 Å². The number of aryl methyl sites for hydroxylation is 2. The molecule has 0 radical (unpaired) electrons. The van der Waals surface area contributed by atoms with E-state index in [0.29, 0.717) is 6.04 Å². The zero-order chi connectivity index (χ0) is 14.5. The third kappa shape index (κ3) is 3.93. The molecule has 3 nitrogen and oxygen atoms in total. The Kier molecular flexibility index (Phi) is 5.38. The van der Waals surface area contributed by atoms with Crippen LogP contribution >= 0.6 is 15.9 Å². The van der Waals surface area contributed by atoms with Crippen LogP contribution in [0, 0.1) is 6.92 Å². The predicted molar refractivity (Wildman–Crippen MR) is 86.8 cm³/mol. The molecule has 0 aliphatic rings. The van der Waals surface area contributed by atoms with Crippen LogP contribution in [0.3, 0.4) is 0 Å². The molecule has 2 rings (SSSR count). The zero-order valence-corrected chi connectivity index (χ0v) is 13.9. The fourth-order valence-electron chi connectivity index (χ4n) is 2.27. The number of nitrogens with zero attached hydrogens (tertiary/aromatic N) is 2. The van der Waals surface area contributed by atoms with Crippen molar-refractivity contribution in [2.24, 2.45) is 7.05 Å². The number of rotatable bonds is 6. The lowest BCUT2D eigenvalue weighted by molar-refractivity contribution is 0.529. The first kappa shape index (κ1) is 15.3. The van der Waals surface area contributed by atoms with E-state index in [-0.39, 0.29) is 0 Å². The molecule has 1 N–H and O–H groups in total. The SMILES string of the molecule is CCCNC(Cc1cnn(C)c1)c1ccc(C)c(Br)c1. The molecule has 0 aliphatic carbocycles. The van der Waals surface area contributed by atoms with E-state index >= 15 is 0 Å². The fourth-order valence-corrected chi connectivity index (χ4v) is 2.66. The van der Waals surface area contributed by atoms with Crippen LogP contribution in [0.15, 0.2) is 35.1 Å². The minimum absolute atomic E-state index is 0.330. The lowest BCUT2D eigenvalue weighted by atomic mass is 9.99. The van der Waals surface area contributed by atoms with E-state index in [4.69, 9.17) is 0 Å². The van der Waals surface area contributed by atoms with Crippen molar-refractivity contribution in [1.82, 2.24) is 15.1 Å². The molecule has 0 spiro atoms. The van der Waals surface area contributed by atoms with Gasteiger partial charge in [-0.1, -0.05) is 35.0 Å². The first-order valence-electron chi connectivity index (χ1n) is 7.07. The molecule has 0 aliphatic heterocycles. The van der Waals surface area contributed by atoms with Crippen molar-refractivity contribution in [3.8, 4) is 0 Å². The van der Waals surface area contributed by atoms with E-state index < -0.39 is 0 Å². The molecule has 1 aromatic heterocycles. The second-order valence-electron chi connectivity index (χ2n) is 5.24. The van der Waals surface area contributed by atoms with Crippen molar-refractivity contribution >= 4 is 15.9 Å². The van der Waals surface area contributed by atoms with Crippen LogP contribution < -0.4 is 5.32 Å². The summed E-state index contributed by atoms with van der Waals surface area (Å²) in [6.07, 6.45) is 6.13. The number of hydrogen-bond acceptors (Lipinski definition) is 2. The van der Waals surface area contributed by atoms with Gasteiger partial charge in [-0.15, -0.1) is 0 Å². The van der Waals surface area contributed by atoms with Crippen molar-refractivity contribution in [3.05, 3.63) is 51.8 Å². The molecule has 0 bridgehead atoms. The van der Waals surface area contributed by atoms with Gasteiger partial charge in [0, 0.05) is 23.8 Å². The van der Waals surface area contributed by atoms with Gasteiger partial charge in [0.15, 0.2) is 0 Å². The molecule has 1 heterocycles. The van der Waals surface area contributed by atoms with E-state index in [0.717, 1.165) is 19.4 Å². The van der Waals surface area contributed by atoms with Crippen LogP contribution in [0.2, 0.25) is 0 Å². The Hall–Kier alpha value is -1.13. The summed E-state index contributed by atoms with van der Waals surface area (Å²) in [5.74, 6) is 0. The smallest absolute Gasteiger partial charge is 0.0522 e. The van der Waals surface area contributed by atoms with E-state index in [1.165, 1.54) is 21.2 Å². The minimum atomic E-state index is 0.330. The highest BCUT2D eigenvalue weighted by atomic mass is 79.9. The Labute approximate surface area is 129 Å². The Bertz CT molecular complexity index is 563. The van der Waals surface area contributed by atoms with Gasteiger partial charge >= 0.3 is 0 Å². The molecule has 1 unspecified atom stereocenters. The van der Waals surface area contributed by atoms with Gasteiger partial charge in [-0.25, -0.2) is 0 Å². The standard InChI is InChI=1S/C16H22BrN3/c1-4-7-18-16(8-13-10-19-20(3)11-13)14-6-5-12(2)15(17)9-14/h5-6,9-11,16,18H,4,7-8H2,1-3H3. The number of nitrogens with one attached hydrogen (secondary N) is 1. The summed E-state index contributed by atoms with van der Waals surface area (Å²) in [5, 5.41) is 7.89. The second kappa shape index (κ2) is 7.04. The minimum Gasteiger partial charge on any atom is -0.310 e. The summed E-state index contributed by atoms with van der Waals surface area (Å²) < 4.78 is 3.03. The van der Waals surface area contributed by atoms with Gasteiger partial charge in [0.2, 0.25) is 0 Å². The van der Waals surface area contributed by atoms with E-state index in [1.807, 2.05) is 17.9 Å². The lowest BCUT2D eigenvalue weighted by Crippen LogP contribution is -2.24.